The molecule has 5 heterocycles. The molecule has 7 aromatic rings. The van der Waals surface area contributed by atoms with Crippen molar-refractivity contribution in [3.63, 3.8) is 0 Å². The van der Waals surface area contributed by atoms with Crippen LogP contribution in [-0.2, 0) is 18.9 Å². The number of hydrogen-bond donors (Lipinski definition) is 2. The number of aromatic amines is 2. The number of ether oxygens (including phenoxy) is 4. The third kappa shape index (κ3) is 8.87. The van der Waals surface area contributed by atoms with Crippen LogP contribution in [0.5, 0.6) is 0 Å². The first kappa shape index (κ1) is 44.6. The van der Waals surface area contributed by atoms with Gasteiger partial charge in [0.25, 0.3) is 0 Å². The molecule has 4 aromatic carbocycles. The average Bonchev–Trinajstić information content (AvgIpc) is 4.21. The first-order valence-electron chi connectivity index (χ1n) is 22.4. The first-order valence-corrected chi connectivity index (χ1v) is 22.4. The second-order valence-corrected chi connectivity index (χ2v) is 15.7. The van der Waals surface area contributed by atoms with Crippen molar-refractivity contribution in [2.75, 3.05) is 26.4 Å². The van der Waals surface area contributed by atoms with Crippen molar-refractivity contribution in [1.82, 2.24) is 19.9 Å². The highest BCUT2D eigenvalue weighted by molar-refractivity contribution is 6.01. The molecule has 0 saturated carbocycles. The van der Waals surface area contributed by atoms with Gasteiger partial charge in [-0.3, -0.25) is 0 Å². The minimum absolute atomic E-state index is 0.254. The Bertz CT molecular complexity index is 2890. The second kappa shape index (κ2) is 19.4. The van der Waals surface area contributed by atoms with Crippen LogP contribution >= 0.6 is 0 Å². The zero-order chi connectivity index (χ0) is 47.3. The third-order valence-corrected chi connectivity index (χ3v) is 11.5. The number of aromatic nitrogens is 4. The van der Waals surface area contributed by atoms with Crippen molar-refractivity contribution in [3.05, 3.63) is 166 Å². The van der Waals surface area contributed by atoms with E-state index in [2.05, 4.69) is 9.97 Å². The normalized spacial score (nSPS) is 11.6. The van der Waals surface area contributed by atoms with Gasteiger partial charge in [-0.05, 0) is 147 Å². The van der Waals surface area contributed by atoms with E-state index in [1.807, 2.05) is 97.1 Å². The summed E-state index contributed by atoms with van der Waals surface area (Å²) in [5.74, 6) is -1.67. The highest BCUT2D eigenvalue weighted by Gasteiger charge is 2.21. The lowest BCUT2D eigenvalue weighted by Crippen LogP contribution is -2.04. The topological polar surface area (TPSA) is 163 Å². The molecule has 12 nitrogen and oxygen atoms in total. The number of hydrogen-bond acceptors (Lipinski definition) is 10. The number of fused-ring (bicyclic) bond motifs is 8. The summed E-state index contributed by atoms with van der Waals surface area (Å²) in [7, 11) is 0. The van der Waals surface area contributed by atoms with Crippen LogP contribution in [-0.4, -0.2) is 70.2 Å². The molecule has 2 N–H and O–H groups in total. The summed E-state index contributed by atoms with van der Waals surface area (Å²) in [6.45, 7) is 8.10. The van der Waals surface area contributed by atoms with Crippen molar-refractivity contribution in [3.8, 4) is 44.5 Å². The van der Waals surface area contributed by atoms with Gasteiger partial charge < -0.3 is 28.9 Å². The van der Waals surface area contributed by atoms with Gasteiger partial charge in [-0.15, -0.1) is 0 Å². The van der Waals surface area contributed by atoms with Crippen LogP contribution in [0.3, 0.4) is 0 Å². The summed E-state index contributed by atoms with van der Waals surface area (Å²) in [6, 6.07) is 36.9. The standard InChI is InChI=1S/C56H46N4O8/c1-5-65-53(61)37-17-9-33(10-18-37)49-41-25-27-43(57-41)50(34-11-19-38(20-12-34)54(62)66-6-2)45-29-31-47(59-45)52(36-15-23-40(24-16-36)56(64)68-8-4)48-32-30-46(60-48)51(44-28-26-42(49)58-44)35-13-21-39(22-14-35)55(63)67-7-3/h9-32,57,60H,5-8H2,1-4H3. The van der Waals surface area contributed by atoms with Gasteiger partial charge in [-0.25, -0.2) is 29.1 Å². The summed E-state index contributed by atoms with van der Waals surface area (Å²) in [4.78, 5) is 69.1. The molecule has 0 unspecified atom stereocenters. The van der Waals surface area contributed by atoms with Crippen molar-refractivity contribution in [1.29, 1.82) is 0 Å². The van der Waals surface area contributed by atoms with Crippen molar-refractivity contribution in [2.24, 2.45) is 0 Å². The SMILES string of the molecule is CCOC(=O)c1ccc(-c2c3nc(c(-c4ccc(C(=O)OCC)cc4)c4ccc([nH]4)c(-c4ccc(C(=O)OCC)cc4)c4nc(c(-c5ccc(C(=O)OCC)cc5)c5ccc2[nH]5)C=C4)C=C3)cc1. The zero-order valence-electron chi connectivity index (χ0n) is 37.8. The van der Waals surface area contributed by atoms with Crippen LogP contribution in [0, 0.1) is 0 Å². The van der Waals surface area contributed by atoms with E-state index in [-0.39, 0.29) is 26.4 Å². The Kier molecular flexibility index (Phi) is 12.7. The van der Waals surface area contributed by atoms with Crippen molar-refractivity contribution < 1.29 is 38.1 Å². The molecule has 0 radical (unpaired) electrons. The molecule has 0 amide bonds. The van der Waals surface area contributed by atoms with Crippen molar-refractivity contribution >= 4 is 70.2 Å². The summed E-state index contributed by atoms with van der Waals surface area (Å²) in [6.07, 6.45) is 7.85. The predicted octanol–water partition coefficient (Wildman–Crippen LogP) is 12.0. The van der Waals surface area contributed by atoms with Crippen LogP contribution in [0.15, 0.2) is 121 Å². The van der Waals surface area contributed by atoms with Gasteiger partial charge in [0.2, 0.25) is 0 Å². The monoisotopic (exact) mass is 902 g/mol. The quantitative estimate of drug-likeness (QED) is 0.0891. The number of carbonyl (C=O) groups excluding carboxylic acids is 4. The fourth-order valence-electron chi connectivity index (χ4n) is 8.37. The van der Waals surface area contributed by atoms with Gasteiger partial charge in [-0.1, -0.05) is 48.5 Å². The molecule has 338 valence electrons. The van der Waals surface area contributed by atoms with Crippen LogP contribution in [0.25, 0.3) is 90.9 Å². The summed E-state index contributed by atoms with van der Waals surface area (Å²) in [5.41, 5.74) is 13.5. The summed E-state index contributed by atoms with van der Waals surface area (Å²) in [5, 5.41) is 0. The number of carbonyl (C=O) groups is 4. The Morgan fingerprint density at radius 1 is 0.338 bits per heavy atom. The molecule has 3 aromatic heterocycles. The molecule has 0 atom stereocenters. The largest absolute Gasteiger partial charge is 0.462 e. The van der Waals surface area contributed by atoms with E-state index in [4.69, 9.17) is 28.9 Å². The molecule has 9 rings (SSSR count). The van der Waals surface area contributed by atoms with Gasteiger partial charge >= 0.3 is 23.9 Å². The lowest BCUT2D eigenvalue weighted by atomic mass is 10.0. The fourth-order valence-corrected chi connectivity index (χ4v) is 8.37. The molecular formula is C56H46N4O8. The number of H-pyrrole nitrogens is 2. The van der Waals surface area contributed by atoms with Crippen LogP contribution in [0.1, 0.15) is 91.9 Å². The minimum atomic E-state index is -0.416. The first-order chi connectivity index (χ1) is 33.2. The summed E-state index contributed by atoms with van der Waals surface area (Å²) >= 11 is 0. The van der Waals surface area contributed by atoms with E-state index in [1.54, 1.807) is 76.2 Å². The van der Waals surface area contributed by atoms with Crippen molar-refractivity contribution in [2.45, 2.75) is 27.7 Å². The molecule has 2 aliphatic rings. The Labute approximate surface area is 392 Å². The third-order valence-electron chi connectivity index (χ3n) is 11.5. The van der Waals surface area contributed by atoms with Crippen LogP contribution in [0.2, 0.25) is 0 Å². The lowest BCUT2D eigenvalue weighted by Gasteiger charge is -2.08. The van der Waals surface area contributed by atoms with Crippen LogP contribution in [0.4, 0.5) is 0 Å². The molecule has 0 fully saturated rings. The van der Waals surface area contributed by atoms with E-state index in [9.17, 15) is 19.2 Å². The second-order valence-electron chi connectivity index (χ2n) is 15.7. The number of benzene rings is 4. The molecule has 0 aliphatic carbocycles. The average molecular weight is 903 g/mol. The number of rotatable bonds is 12. The van der Waals surface area contributed by atoms with E-state index in [0.29, 0.717) is 45.0 Å². The summed E-state index contributed by atoms with van der Waals surface area (Å²) < 4.78 is 21.2. The predicted molar refractivity (Wildman–Crippen MR) is 264 cm³/mol. The highest BCUT2D eigenvalue weighted by Crippen LogP contribution is 2.39. The van der Waals surface area contributed by atoms with E-state index in [0.717, 1.165) is 66.6 Å². The lowest BCUT2D eigenvalue weighted by molar-refractivity contribution is 0.0517. The molecule has 12 heteroatoms. The Morgan fingerprint density at radius 3 is 0.735 bits per heavy atom. The molecule has 68 heavy (non-hydrogen) atoms. The maximum atomic E-state index is 12.8. The number of nitrogens with one attached hydrogen (secondary N) is 2. The zero-order valence-corrected chi connectivity index (χ0v) is 37.8. The Morgan fingerprint density at radius 2 is 0.544 bits per heavy atom. The maximum absolute atomic E-state index is 12.8. The highest BCUT2D eigenvalue weighted by atomic mass is 16.5. The van der Waals surface area contributed by atoms with E-state index in [1.165, 1.54) is 0 Å². The molecule has 2 aliphatic heterocycles. The Hall–Kier alpha value is -8.64. The van der Waals surface area contributed by atoms with Gasteiger partial charge in [0, 0.05) is 44.3 Å². The van der Waals surface area contributed by atoms with Gasteiger partial charge in [0.15, 0.2) is 0 Å². The van der Waals surface area contributed by atoms with Gasteiger partial charge in [0.1, 0.15) is 0 Å². The van der Waals surface area contributed by atoms with E-state index < -0.39 is 23.9 Å². The number of esters is 4. The van der Waals surface area contributed by atoms with E-state index >= 15 is 0 Å². The Balaban J connectivity index is 1.37. The van der Waals surface area contributed by atoms with Crippen LogP contribution < -0.4 is 0 Å². The molecule has 0 spiro atoms. The molecule has 8 bridgehead atoms. The fraction of sp³-hybridized carbons (Fsp3) is 0.143. The molecule has 0 saturated heterocycles. The number of nitrogens with zero attached hydrogens (tertiary/aromatic N) is 2. The maximum Gasteiger partial charge on any atom is 0.338 e. The van der Waals surface area contributed by atoms with Gasteiger partial charge in [0.05, 0.1) is 71.5 Å². The molecular weight excluding hydrogens is 857 g/mol. The smallest absolute Gasteiger partial charge is 0.338 e. The minimum Gasteiger partial charge on any atom is -0.462 e. The van der Waals surface area contributed by atoms with Gasteiger partial charge in [-0.2, -0.15) is 0 Å².